The van der Waals surface area contributed by atoms with Gasteiger partial charge in [-0.15, -0.1) is 0 Å². The number of benzene rings is 1. The van der Waals surface area contributed by atoms with Crippen molar-refractivity contribution in [2.45, 2.75) is 12.5 Å². The number of rotatable bonds is 3. The highest BCUT2D eigenvalue weighted by Gasteiger charge is 2.29. The van der Waals surface area contributed by atoms with Crippen molar-refractivity contribution in [3.8, 4) is 11.3 Å². The molecule has 126 valence electrons. The van der Waals surface area contributed by atoms with Crippen LogP contribution in [0.4, 0.5) is 10.5 Å². The van der Waals surface area contributed by atoms with Crippen LogP contribution >= 0.6 is 0 Å². The van der Waals surface area contributed by atoms with Crippen LogP contribution in [0, 0.1) is 0 Å². The van der Waals surface area contributed by atoms with E-state index in [1.54, 1.807) is 25.5 Å². The number of pyridine rings is 1. The third-order valence-corrected chi connectivity index (χ3v) is 4.17. The Labute approximate surface area is 142 Å². The number of aromatic nitrogens is 3. The lowest BCUT2D eigenvalue weighted by molar-refractivity contribution is -0.122. The molecule has 3 aromatic rings. The van der Waals surface area contributed by atoms with Crippen molar-refractivity contribution in [1.29, 1.82) is 0 Å². The van der Waals surface area contributed by atoms with Gasteiger partial charge in [-0.1, -0.05) is 0 Å². The number of fused-ring (bicyclic) bond motifs is 2. The molecule has 3 N–H and O–H groups in total. The monoisotopic (exact) mass is 337 g/mol. The van der Waals surface area contributed by atoms with Crippen LogP contribution in [0.1, 0.15) is 18.1 Å². The lowest BCUT2D eigenvalue weighted by atomic mass is 9.98. The van der Waals surface area contributed by atoms with E-state index in [-0.39, 0.29) is 12.3 Å². The summed E-state index contributed by atoms with van der Waals surface area (Å²) in [4.78, 5) is 27.5. The summed E-state index contributed by atoms with van der Waals surface area (Å²) in [5.74, 6) is -0.202. The van der Waals surface area contributed by atoms with E-state index < -0.39 is 12.2 Å². The molecule has 0 fully saturated rings. The molecule has 0 aliphatic carbocycles. The summed E-state index contributed by atoms with van der Waals surface area (Å²) in [6.07, 6.45) is 2.24. The van der Waals surface area contributed by atoms with Crippen molar-refractivity contribution in [3.05, 3.63) is 42.2 Å². The lowest BCUT2D eigenvalue weighted by Crippen LogP contribution is -2.29. The zero-order valence-electron chi connectivity index (χ0n) is 13.4. The van der Waals surface area contributed by atoms with Crippen molar-refractivity contribution in [2.24, 2.45) is 0 Å². The van der Waals surface area contributed by atoms with Gasteiger partial charge in [0.05, 0.1) is 17.6 Å². The fraction of sp³-hybridized carbons (Fsp3) is 0.176. The average Bonchev–Trinajstić information content (AvgIpc) is 3.03. The van der Waals surface area contributed by atoms with Gasteiger partial charge in [-0.25, -0.2) is 4.79 Å². The maximum absolute atomic E-state index is 11.8. The lowest BCUT2D eigenvalue weighted by Gasteiger charge is -2.25. The molecule has 0 saturated heterocycles. The minimum Gasteiger partial charge on any atom is -0.440 e. The highest BCUT2D eigenvalue weighted by Crippen LogP contribution is 2.38. The van der Waals surface area contributed by atoms with Crippen LogP contribution in [0.2, 0.25) is 0 Å². The first kappa shape index (κ1) is 15.1. The van der Waals surface area contributed by atoms with E-state index in [0.717, 1.165) is 27.7 Å². The number of anilines is 1. The second-order valence-electron chi connectivity index (χ2n) is 5.69. The van der Waals surface area contributed by atoms with Gasteiger partial charge in [0.2, 0.25) is 5.91 Å². The summed E-state index contributed by atoms with van der Waals surface area (Å²) in [6, 6.07) is 7.45. The van der Waals surface area contributed by atoms with Gasteiger partial charge in [0, 0.05) is 36.0 Å². The van der Waals surface area contributed by atoms with Gasteiger partial charge in [-0.3, -0.25) is 20.2 Å². The molecule has 8 heteroatoms. The van der Waals surface area contributed by atoms with Crippen molar-refractivity contribution in [3.63, 3.8) is 0 Å². The first-order valence-electron chi connectivity index (χ1n) is 7.76. The van der Waals surface area contributed by atoms with Crippen LogP contribution in [0.15, 0.2) is 36.7 Å². The molecule has 0 radical (unpaired) electrons. The fourth-order valence-corrected chi connectivity index (χ4v) is 2.94. The summed E-state index contributed by atoms with van der Waals surface area (Å²) >= 11 is 0. The minimum absolute atomic E-state index is 0.0604. The van der Waals surface area contributed by atoms with Crippen molar-refractivity contribution >= 4 is 28.6 Å². The Kier molecular flexibility index (Phi) is 3.57. The molecule has 2 amide bonds. The maximum Gasteiger partial charge on any atom is 0.412 e. The molecule has 1 aliphatic rings. The van der Waals surface area contributed by atoms with Gasteiger partial charge in [-0.2, -0.15) is 5.10 Å². The molecule has 1 unspecified atom stereocenters. The second kappa shape index (κ2) is 5.90. The van der Waals surface area contributed by atoms with E-state index in [1.807, 2.05) is 18.2 Å². The minimum atomic E-state index is -0.645. The Morgan fingerprint density at radius 2 is 2.12 bits per heavy atom. The topological polar surface area (TPSA) is 109 Å². The predicted octanol–water partition coefficient (Wildman–Crippen LogP) is 2.36. The standard InChI is InChI=1S/C17H15N5O3/c1-18-15(23)8-14-10-6-11-13(7-12(10)20-17(24)25-14)21-22-16(11)9-2-4-19-5-3-9/h2-7,14H,8H2,1H3,(H,18,23)(H,20,24)(H,21,22). The van der Waals surface area contributed by atoms with E-state index in [4.69, 9.17) is 4.74 Å². The summed E-state index contributed by atoms with van der Waals surface area (Å²) < 4.78 is 5.30. The molecule has 1 aliphatic heterocycles. The van der Waals surface area contributed by atoms with Gasteiger partial charge >= 0.3 is 6.09 Å². The van der Waals surface area contributed by atoms with Gasteiger partial charge in [-0.05, 0) is 24.3 Å². The SMILES string of the molecule is CNC(=O)CC1OC(=O)Nc2cc3[nH]nc(-c4ccncc4)c3cc21. The van der Waals surface area contributed by atoms with Crippen molar-refractivity contribution < 1.29 is 14.3 Å². The molecule has 4 rings (SSSR count). The first-order valence-corrected chi connectivity index (χ1v) is 7.76. The maximum atomic E-state index is 11.8. The molecule has 0 saturated carbocycles. The molecular formula is C17H15N5O3. The number of carbonyl (C=O) groups excluding carboxylic acids is 2. The Bertz CT molecular complexity index is 967. The number of hydrogen-bond donors (Lipinski definition) is 3. The Hall–Kier alpha value is -3.42. The smallest absolute Gasteiger partial charge is 0.412 e. The Morgan fingerprint density at radius 3 is 2.88 bits per heavy atom. The molecule has 1 atom stereocenters. The quantitative estimate of drug-likeness (QED) is 0.680. The first-order chi connectivity index (χ1) is 12.2. The molecular weight excluding hydrogens is 322 g/mol. The molecule has 8 nitrogen and oxygen atoms in total. The molecule has 2 aromatic heterocycles. The van der Waals surface area contributed by atoms with Crippen LogP contribution in [0.25, 0.3) is 22.2 Å². The van der Waals surface area contributed by atoms with Crippen LogP contribution < -0.4 is 10.6 Å². The number of ether oxygens (including phenoxy) is 1. The Morgan fingerprint density at radius 1 is 1.32 bits per heavy atom. The van der Waals surface area contributed by atoms with Crippen LogP contribution in [-0.4, -0.2) is 34.2 Å². The van der Waals surface area contributed by atoms with E-state index in [0.29, 0.717) is 5.69 Å². The van der Waals surface area contributed by atoms with E-state index >= 15 is 0 Å². The number of amides is 2. The molecule has 25 heavy (non-hydrogen) atoms. The zero-order valence-corrected chi connectivity index (χ0v) is 13.4. The summed E-state index contributed by atoms with van der Waals surface area (Å²) in [6.45, 7) is 0. The predicted molar refractivity (Wildman–Crippen MR) is 90.9 cm³/mol. The highest BCUT2D eigenvalue weighted by atomic mass is 16.6. The number of aromatic amines is 1. The van der Waals surface area contributed by atoms with Gasteiger partial charge in [0.25, 0.3) is 0 Å². The zero-order chi connectivity index (χ0) is 17.4. The summed E-state index contributed by atoms with van der Waals surface area (Å²) in [5.41, 5.74) is 3.84. The highest BCUT2D eigenvalue weighted by molar-refractivity contribution is 5.99. The third kappa shape index (κ3) is 2.67. The molecule has 3 heterocycles. The normalized spacial score (nSPS) is 16.0. The van der Waals surface area contributed by atoms with E-state index in [1.165, 1.54) is 0 Å². The molecule has 1 aromatic carbocycles. The number of H-pyrrole nitrogens is 1. The Balaban J connectivity index is 1.84. The van der Waals surface area contributed by atoms with Crippen LogP contribution in [-0.2, 0) is 9.53 Å². The van der Waals surface area contributed by atoms with Gasteiger partial charge in [0.15, 0.2) is 0 Å². The number of cyclic esters (lactones) is 1. The number of hydrogen-bond acceptors (Lipinski definition) is 5. The molecule has 0 bridgehead atoms. The van der Waals surface area contributed by atoms with Crippen LogP contribution in [0.3, 0.4) is 0 Å². The third-order valence-electron chi connectivity index (χ3n) is 4.17. The van der Waals surface area contributed by atoms with E-state index in [9.17, 15) is 9.59 Å². The van der Waals surface area contributed by atoms with E-state index in [2.05, 4.69) is 25.8 Å². The van der Waals surface area contributed by atoms with Crippen LogP contribution in [0.5, 0.6) is 0 Å². The van der Waals surface area contributed by atoms with Gasteiger partial charge < -0.3 is 10.1 Å². The fourth-order valence-electron chi connectivity index (χ4n) is 2.94. The molecule has 0 spiro atoms. The van der Waals surface area contributed by atoms with Crippen molar-refractivity contribution in [1.82, 2.24) is 20.5 Å². The number of nitrogens with zero attached hydrogens (tertiary/aromatic N) is 2. The summed E-state index contributed by atoms with van der Waals surface area (Å²) in [5, 5.41) is 13.5. The second-order valence-corrected chi connectivity index (χ2v) is 5.69. The average molecular weight is 337 g/mol. The van der Waals surface area contributed by atoms with Crippen molar-refractivity contribution in [2.75, 3.05) is 12.4 Å². The van der Waals surface area contributed by atoms with Gasteiger partial charge in [0.1, 0.15) is 11.8 Å². The summed E-state index contributed by atoms with van der Waals surface area (Å²) in [7, 11) is 1.55. The largest absolute Gasteiger partial charge is 0.440 e. The number of carbonyl (C=O) groups is 2. The number of nitrogens with one attached hydrogen (secondary N) is 3.